The molecule has 0 unspecified atom stereocenters. The SMILES string of the molecule is CC(C)=C1CC[C@H]2[C@@H]3CC[C@H]4C[C@H](O)CC[C@]4(C)[C@H]3CC[C@]12C.C[C@]12CC[C@@H](O)C[C@@H]1CC[C@@H]1[C@@H]2CC[C@]2(C)C(=O)CC[C@@H]12. The summed E-state index contributed by atoms with van der Waals surface area (Å²) in [6, 6.07) is 0. The Labute approximate surface area is 269 Å². The van der Waals surface area contributed by atoms with Gasteiger partial charge in [0.05, 0.1) is 12.2 Å². The average Bonchev–Trinajstić information content (AvgIpc) is 3.50. The summed E-state index contributed by atoms with van der Waals surface area (Å²) in [6.07, 6.45) is 22.0. The molecule has 8 aliphatic rings. The van der Waals surface area contributed by atoms with Crippen molar-refractivity contribution in [3.63, 3.8) is 0 Å². The third kappa shape index (κ3) is 4.72. The van der Waals surface area contributed by atoms with E-state index in [0.717, 1.165) is 86.4 Å². The second-order valence-electron chi connectivity index (χ2n) is 19.1. The third-order valence-electron chi connectivity index (χ3n) is 17.4. The number of hydrogen-bond donors (Lipinski definition) is 2. The highest BCUT2D eigenvalue weighted by molar-refractivity contribution is 5.87. The number of aliphatic hydroxyl groups excluding tert-OH is 2. The van der Waals surface area contributed by atoms with Gasteiger partial charge in [0.15, 0.2) is 0 Å². The standard InChI is InChI=1S/C22H36O.C19H30O2/c1-14(2)18-7-8-19-17-6-5-15-13-16(23)9-11-21(15,3)20(17)10-12-22(18,19)4;1-18-9-7-13(20)11-12(18)3-4-14-15-5-6-17(21)19(15,2)10-8-16(14)18/h15-17,19-20,23H,5-13H2,1-4H3;12-16,20H,3-11H2,1-2H3/t15-,16+,17-,19-,20-,21-,22+;12-,13+,14-,15-,16-,18-,19-/m00/s1. The van der Waals surface area contributed by atoms with Crippen LogP contribution >= 0.6 is 0 Å². The van der Waals surface area contributed by atoms with E-state index in [-0.39, 0.29) is 17.6 Å². The molecule has 8 fully saturated rings. The van der Waals surface area contributed by atoms with Crippen molar-refractivity contribution in [3.05, 3.63) is 11.1 Å². The summed E-state index contributed by atoms with van der Waals surface area (Å²) < 4.78 is 0. The minimum absolute atomic E-state index is 0.0118. The molecule has 8 saturated carbocycles. The van der Waals surface area contributed by atoms with Crippen molar-refractivity contribution in [2.24, 2.45) is 69.0 Å². The molecule has 44 heavy (non-hydrogen) atoms. The van der Waals surface area contributed by atoms with Gasteiger partial charge < -0.3 is 10.2 Å². The molecule has 0 aromatic carbocycles. The molecule has 3 heteroatoms. The lowest BCUT2D eigenvalue weighted by Gasteiger charge is -2.60. The second-order valence-corrected chi connectivity index (χ2v) is 19.1. The van der Waals surface area contributed by atoms with Gasteiger partial charge in [-0.2, -0.15) is 0 Å². The van der Waals surface area contributed by atoms with Crippen molar-refractivity contribution in [1.82, 2.24) is 0 Å². The summed E-state index contributed by atoms with van der Waals surface area (Å²) in [4.78, 5) is 12.4. The first-order valence-electron chi connectivity index (χ1n) is 19.4. The number of Topliss-reactive ketones (excluding diaryl/α,β-unsaturated/α-hetero) is 1. The molecule has 2 N–H and O–H groups in total. The fourth-order valence-electron chi connectivity index (χ4n) is 14.9. The maximum absolute atomic E-state index is 12.4. The molecular weight excluding hydrogens is 540 g/mol. The molecule has 0 heterocycles. The Morgan fingerprint density at radius 1 is 0.568 bits per heavy atom. The minimum atomic E-state index is -0.0541. The Balaban J connectivity index is 0.000000143. The molecule has 0 radical (unpaired) electrons. The van der Waals surface area contributed by atoms with E-state index in [9.17, 15) is 15.0 Å². The number of rotatable bonds is 0. The van der Waals surface area contributed by atoms with Crippen LogP contribution in [0.4, 0.5) is 0 Å². The summed E-state index contributed by atoms with van der Waals surface area (Å²) in [6.45, 7) is 14.7. The zero-order valence-corrected chi connectivity index (χ0v) is 29.3. The van der Waals surface area contributed by atoms with Crippen LogP contribution in [0.1, 0.15) is 157 Å². The van der Waals surface area contributed by atoms with E-state index < -0.39 is 0 Å². The molecule has 0 spiro atoms. The highest BCUT2D eigenvalue weighted by Crippen LogP contribution is 2.68. The zero-order valence-electron chi connectivity index (χ0n) is 29.3. The molecule has 248 valence electrons. The Hall–Kier alpha value is -0.670. The van der Waals surface area contributed by atoms with Gasteiger partial charge >= 0.3 is 0 Å². The number of ketones is 1. The maximum atomic E-state index is 12.4. The first-order valence-corrected chi connectivity index (χ1v) is 19.4. The normalized spacial score (nSPS) is 54.5. The molecule has 0 saturated heterocycles. The smallest absolute Gasteiger partial charge is 0.139 e. The van der Waals surface area contributed by atoms with E-state index in [4.69, 9.17) is 0 Å². The fourth-order valence-corrected chi connectivity index (χ4v) is 14.9. The lowest BCUT2D eigenvalue weighted by molar-refractivity contribution is -0.142. The third-order valence-corrected chi connectivity index (χ3v) is 17.4. The fraction of sp³-hybridized carbons (Fsp3) is 0.927. The molecule has 0 aromatic rings. The molecule has 0 amide bonds. The summed E-state index contributed by atoms with van der Waals surface area (Å²) in [5.74, 6) is 7.16. The van der Waals surface area contributed by atoms with E-state index in [1.807, 2.05) is 5.57 Å². The highest BCUT2D eigenvalue weighted by atomic mass is 16.3. The second kappa shape index (κ2) is 11.2. The van der Waals surface area contributed by atoms with E-state index >= 15 is 0 Å². The van der Waals surface area contributed by atoms with Gasteiger partial charge in [-0.05, 0) is 187 Å². The van der Waals surface area contributed by atoms with Crippen LogP contribution in [0, 0.1) is 69.0 Å². The van der Waals surface area contributed by atoms with Crippen molar-refractivity contribution in [1.29, 1.82) is 0 Å². The molecule has 3 nitrogen and oxygen atoms in total. The van der Waals surface area contributed by atoms with Crippen LogP contribution in [0.5, 0.6) is 0 Å². The Morgan fingerprint density at radius 2 is 1.05 bits per heavy atom. The van der Waals surface area contributed by atoms with Crippen LogP contribution in [-0.2, 0) is 4.79 Å². The van der Waals surface area contributed by atoms with Gasteiger partial charge in [-0.3, -0.25) is 4.79 Å². The van der Waals surface area contributed by atoms with Crippen LogP contribution in [0.3, 0.4) is 0 Å². The topological polar surface area (TPSA) is 57.5 Å². The summed E-state index contributed by atoms with van der Waals surface area (Å²) in [5.41, 5.74) is 4.91. The van der Waals surface area contributed by atoms with Gasteiger partial charge in [-0.1, -0.05) is 38.8 Å². The Bertz CT molecular complexity index is 1150. The van der Waals surface area contributed by atoms with Crippen molar-refractivity contribution in [2.75, 3.05) is 0 Å². The van der Waals surface area contributed by atoms with Crippen LogP contribution in [-0.4, -0.2) is 28.2 Å². The molecule has 0 aromatic heterocycles. The molecule has 14 atom stereocenters. The number of carbonyl (C=O) groups excluding carboxylic acids is 1. The van der Waals surface area contributed by atoms with Gasteiger partial charge in [0.1, 0.15) is 5.78 Å². The van der Waals surface area contributed by atoms with Gasteiger partial charge in [0.25, 0.3) is 0 Å². The quantitative estimate of drug-likeness (QED) is 0.270. The number of fused-ring (bicyclic) bond motifs is 10. The van der Waals surface area contributed by atoms with Crippen molar-refractivity contribution in [2.45, 2.75) is 169 Å². The largest absolute Gasteiger partial charge is 0.393 e. The Kier molecular flexibility index (Phi) is 8.13. The minimum Gasteiger partial charge on any atom is -0.393 e. The number of hydrogen-bond acceptors (Lipinski definition) is 3. The predicted molar refractivity (Wildman–Crippen MR) is 179 cm³/mol. The van der Waals surface area contributed by atoms with Gasteiger partial charge in [-0.15, -0.1) is 0 Å². The lowest BCUT2D eigenvalue weighted by Crippen LogP contribution is -2.54. The average molecular weight is 607 g/mol. The summed E-state index contributed by atoms with van der Waals surface area (Å²) >= 11 is 0. The summed E-state index contributed by atoms with van der Waals surface area (Å²) in [7, 11) is 0. The van der Waals surface area contributed by atoms with Crippen LogP contribution < -0.4 is 0 Å². The van der Waals surface area contributed by atoms with E-state index in [0.29, 0.717) is 27.9 Å². The number of allylic oxidation sites excluding steroid dienone is 2. The van der Waals surface area contributed by atoms with E-state index in [1.54, 1.807) is 5.57 Å². The molecule has 0 aliphatic heterocycles. The maximum Gasteiger partial charge on any atom is 0.139 e. The molecule has 8 aliphatic carbocycles. The van der Waals surface area contributed by atoms with Crippen LogP contribution in [0.2, 0.25) is 0 Å². The predicted octanol–water partition coefficient (Wildman–Crippen LogP) is 9.69. The summed E-state index contributed by atoms with van der Waals surface area (Å²) in [5, 5.41) is 20.2. The van der Waals surface area contributed by atoms with Crippen LogP contribution in [0.15, 0.2) is 11.1 Å². The van der Waals surface area contributed by atoms with Crippen molar-refractivity contribution in [3.8, 4) is 0 Å². The van der Waals surface area contributed by atoms with E-state index in [1.165, 1.54) is 70.6 Å². The molecular formula is C41H66O3. The highest BCUT2D eigenvalue weighted by Gasteiger charge is 2.61. The lowest BCUT2D eigenvalue weighted by atomic mass is 9.45. The Morgan fingerprint density at radius 3 is 1.57 bits per heavy atom. The van der Waals surface area contributed by atoms with Crippen LogP contribution in [0.25, 0.3) is 0 Å². The first-order chi connectivity index (χ1) is 20.8. The van der Waals surface area contributed by atoms with Gasteiger partial charge in [0.2, 0.25) is 0 Å². The molecule has 0 bridgehead atoms. The van der Waals surface area contributed by atoms with E-state index in [2.05, 4.69) is 41.5 Å². The monoisotopic (exact) mass is 607 g/mol. The molecule has 8 rings (SSSR count). The first kappa shape index (κ1) is 31.9. The van der Waals surface area contributed by atoms with Gasteiger partial charge in [0, 0.05) is 11.8 Å². The zero-order chi connectivity index (χ0) is 31.2. The number of aliphatic hydroxyl groups is 2. The number of carbonyl (C=O) groups is 1. The van der Waals surface area contributed by atoms with Gasteiger partial charge in [-0.25, -0.2) is 0 Å². The van der Waals surface area contributed by atoms with Crippen molar-refractivity contribution >= 4 is 5.78 Å². The van der Waals surface area contributed by atoms with Crippen molar-refractivity contribution < 1.29 is 15.0 Å².